The van der Waals surface area contributed by atoms with Gasteiger partial charge >= 0.3 is 17.9 Å². The molecule has 0 rings (SSSR count). The SMILES string of the molecule is CC(=O)CCCC(C)C.CC(C)C(=O)CCC(=O)O.CC(C)C(=O)OCC(=O)O. The van der Waals surface area contributed by atoms with Gasteiger partial charge in [-0.15, -0.1) is 0 Å². The molecule has 0 amide bonds. The van der Waals surface area contributed by atoms with Gasteiger partial charge in [-0.2, -0.15) is 0 Å². The average molecular weight is 419 g/mol. The second-order valence-corrected chi connectivity index (χ2v) is 7.66. The third-order valence-corrected chi connectivity index (χ3v) is 3.35. The highest BCUT2D eigenvalue weighted by molar-refractivity contribution is 5.83. The van der Waals surface area contributed by atoms with Crippen LogP contribution in [0.15, 0.2) is 0 Å². The number of carboxylic acid groups (broad SMARTS) is 2. The Morgan fingerprint density at radius 2 is 1.28 bits per heavy atom. The second-order valence-electron chi connectivity index (χ2n) is 7.66. The first kappa shape index (κ1) is 31.4. The average Bonchev–Trinajstić information content (AvgIpc) is 2.57. The lowest BCUT2D eigenvalue weighted by molar-refractivity contribution is -0.157. The van der Waals surface area contributed by atoms with Gasteiger partial charge in [-0.25, -0.2) is 4.79 Å². The summed E-state index contributed by atoms with van der Waals surface area (Å²) >= 11 is 0. The first-order valence-electron chi connectivity index (χ1n) is 9.82. The summed E-state index contributed by atoms with van der Waals surface area (Å²) in [5, 5.41) is 16.3. The number of ether oxygens (including phenoxy) is 1. The maximum absolute atomic E-state index is 10.8. The summed E-state index contributed by atoms with van der Waals surface area (Å²) in [5.74, 6) is -1.76. The van der Waals surface area contributed by atoms with Crippen LogP contribution < -0.4 is 0 Å². The number of Topliss-reactive ketones (excluding diaryl/α,β-unsaturated/α-hetero) is 2. The van der Waals surface area contributed by atoms with Gasteiger partial charge in [-0.3, -0.25) is 14.4 Å². The zero-order valence-electron chi connectivity index (χ0n) is 18.8. The molecule has 0 bridgehead atoms. The molecule has 0 aromatic heterocycles. The van der Waals surface area contributed by atoms with Gasteiger partial charge in [-0.05, 0) is 19.3 Å². The van der Waals surface area contributed by atoms with Crippen LogP contribution in [0.1, 0.15) is 80.6 Å². The van der Waals surface area contributed by atoms with Crippen LogP contribution in [0.25, 0.3) is 0 Å². The van der Waals surface area contributed by atoms with Crippen LogP contribution in [-0.2, 0) is 28.7 Å². The normalized spacial score (nSPS) is 9.86. The number of carbonyl (C=O) groups is 5. The van der Waals surface area contributed by atoms with Crippen molar-refractivity contribution < 1.29 is 38.9 Å². The topological polar surface area (TPSA) is 135 Å². The molecule has 0 atom stereocenters. The number of rotatable bonds is 11. The number of aliphatic carboxylic acids is 2. The van der Waals surface area contributed by atoms with Gasteiger partial charge in [0.15, 0.2) is 6.61 Å². The zero-order chi connectivity index (χ0) is 23.6. The Labute approximate surface area is 174 Å². The first-order valence-corrected chi connectivity index (χ1v) is 9.82. The lowest BCUT2D eigenvalue weighted by atomic mass is 10.1. The maximum atomic E-state index is 10.8. The van der Waals surface area contributed by atoms with Gasteiger partial charge in [0.25, 0.3) is 0 Å². The minimum Gasteiger partial charge on any atom is -0.481 e. The number of carbonyl (C=O) groups excluding carboxylic acids is 3. The molecule has 29 heavy (non-hydrogen) atoms. The van der Waals surface area contributed by atoms with Gasteiger partial charge in [0.2, 0.25) is 0 Å². The molecule has 0 aromatic rings. The number of carboxylic acids is 2. The lowest BCUT2D eigenvalue weighted by Crippen LogP contribution is -2.16. The van der Waals surface area contributed by atoms with Gasteiger partial charge in [0, 0.05) is 18.8 Å². The second kappa shape index (κ2) is 19.1. The smallest absolute Gasteiger partial charge is 0.341 e. The molecular formula is C21H38O8. The van der Waals surface area contributed by atoms with E-state index in [1.165, 1.54) is 6.42 Å². The van der Waals surface area contributed by atoms with Crippen molar-refractivity contribution in [2.75, 3.05) is 6.61 Å². The van der Waals surface area contributed by atoms with Crippen LogP contribution in [0.2, 0.25) is 0 Å². The fourth-order valence-corrected chi connectivity index (χ4v) is 1.58. The summed E-state index contributed by atoms with van der Waals surface area (Å²) in [6, 6.07) is 0. The summed E-state index contributed by atoms with van der Waals surface area (Å²) in [6.45, 7) is 12.3. The highest BCUT2D eigenvalue weighted by atomic mass is 16.5. The van der Waals surface area contributed by atoms with Crippen LogP contribution in [0.3, 0.4) is 0 Å². The van der Waals surface area contributed by atoms with Crippen LogP contribution in [0.4, 0.5) is 0 Å². The van der Waals surface area contributed by atoms with Gasteiger partial charge in [0.05, 0.1) is 12.3 Å². The summed E-state index contributed by atoms with van der Waals surface area (Å²) in [5.41, 5.74) is 0. The molecule has 0 unspecified atom stereocenters. The van der Waals surface area contributed by atoms with Crippen molar-refractivity contribution in [3.8, 4) is 0 Å². The number of esters is 1. The molecule has 0 spiro atoms. The fourth-order valence-electron chi connectivity index (χ4n) is 1.58. The molecule has 0 heterocycles. The number of hydrogen-bond acceptors (Lipinski definition) is 6. The highest BCUT2D eigenvalue weighted by Gasteiger charge is 2.09. The van der Waals surface area contributed by atoms with Crippen LogP contribution >= 0.6 is 0 Å². The fraction of sp³-hybridized carbons (Fsp3) is 0.762. The van der Waals surface area contributed by atoms with Crippen molar-refractivity contribution in [3.05, 3.63) is 0 Å². The van der Waals surface area contributed by atoms with E-state index in [-0.39, 0.29) is 30.5 Å². The third kappa shape index (κ3) is 30.7. The Bertz CT molecular complexity index is 473. The van der Waals surface area contributed by atoms with E-state index in [2.05, 4.69) is 18.6 Å². The quantitative estimate of drug-likeness (QED) is 0.484. The van der Waals surface area contributed by atoms with Gasteiger partial charge in [0.1, 0.15) is 11.6 Å². The summed E-state index contributed by atoms with van der Waals surface area (Å²) < 4.78 is 4.33. The number of hydrogen-bond donors (Lipinski definition) is 2. The van der Waals surface area contributed by atoms with Crippen LogP contribution in [-0.4, -0.2) is 46.3 Å². The Kier molecular flexibility index (Phi) is 20.7. The molecule has 8 nitrogen and oxygen atoms in total. The van der Waals surface area contributed by atoms with E-state index in [9.17, 15) is 24.0 Å². The predicted molar refractivity (Wildman–Crippen MR) is 110 cm³/mol. The molecule has 0 saturated heterocycles. The Morgan fingerprint density at radius 1 is 0.759 bits per heavy atom. The van der Waals surface area contributed by atoms with E-state index in [0.717, 1.165) is 18.8 Å². The Morgan fingerprint density at radius 3 is 1.59 bits per heavy atom. The summed E-state index contributed by atoms with van der Waals surface area (Å²) in [7, 11) is 0. The molecule has 0 saturated carbocycles. The van der Waals surface area contributed by atoms with Crippen LogP contribution in [0, 0.1) is 17.8 Å². The summed E-state index contributed by atoms with van der Waals surface area (Å²) in [4.78, 5) is 51.6. The van der Waals surface area contributed by atoms with E-state index in [4.69, 9.17) is 10.2 Å². The summed E-state index contributed by atoms with van der Waals surface area (Å²) in [6.07, 6.45) is 3.12. The first-order chi connectivity index (χ1) is 13.2. The number of ketones is 2. The minimum absolute atomic E-state index is 0.0161. The van der Waals surface area contributed by atoms with E-state index >= 15 is 0 Å². The molecular weight excluding hydrogens is 380 g/mol. The van der Waals surface area contributed by atoms with Gasteiger partial charge in [-0.1, -0.05) is 48.0 Å². The van der Waals surface area contributed by atoms with E-state index in [1.54, 1.807) is 34.6 Å². The zero-order valence-corrected chi connectivity index (χ0v) is 18.8. The van der Waals surface area contributed by atoms with Crippen molar-refractivity contribution in [3.63, 3.8) is 0 Å². The lowest BCUT2D eigenvalue weighted by Gasteiger charge is -2.02. The monoisotopic (exact) mass is 418 g/mol. The van der Waals surface area contributed by atoms with Crippen molar-refractivity contribution in [1.29, 1.82) is 0 Å². The molecule has 0 aliphatic heterocycles. The Hall–Kier alpha value is -2.25. The predicted octanol–water partition coefficient (Wildman–Crippen LogP) is 3.75. The largest absolute Gasteiger partial charge is 0.481 e. The standard InChI is InChI=1S/C8H16O.C7H12O3.C6H10O4/c1-7(2)5-4-6-8(3)9;1-5(2)6(8)3-4-7(9)10;1-4(2)6(9)10-3-5(7)8/h7H,4-6H2,1-3H3;5H,3-4H2,1-2H3,(H,9,10);4H,3H2,1-2H3,(H,7,8). The molecule has 0 aliphatic rings. The Balaban J connectivity index is -0.000000350. The molecule has 0 fully saturated rings. The van der Waals surface area contributed by atoms with E-state index in [1.807, 2.05) is 0 Å². The molecule has 170 valence electrons. The van der Waals surface area contributed by atoms with E-state index < -0.39 is 24.5 Å². The van der Waals surface area contributed by atoms with Crippen molar-refractivity contribution in [2.24, 2.45) is 17.8 Å². The van der Waals surface area contributed by atoms with Crippen molar-refractivity contribution >= 4 is 29.5 Å². The van der Waals surface area contributed by atoms with Gasteiger partial charge < -0.3 is 19.7 Å². The molecule has 0 aliphatic carbocycles. The molecule has 0 aromatic carbocycles. The molecule has 2 N–H and O–H groups in total. The van der Waals surface area contributed by atoms with Crippen molar-refractivity contribution in [1.82, 2.24) is 0 Å². The highest BCUT2D eigenvalue weighted by Crippen LogP contribution is 2.05. The maximum Gasteiger partial charge on any atom is 0.341 e. The molecule has 0 radical (unpaired) electrons. The minimum atomic E-state index is -1.13. The van der Waals surface area contributed by atoms with Crippen molar-refractivity contribution in [2.45, 2.75) is 80.6 Å². The van der Waals surface area contributed by atoms with E-state index in [0.29, 0.717) is 5.78 Å². The van der Waals surface area contributed by atoms with Crippen LogP contribution in [0.5, 0.6) is 0 Å². The molecule has 8 heteroatoms. The third-order valence-electron chi connectivity index (χ3n) is 3.35.